The molecule has 0 radical (unpaired) electrons. The van der Waals surface area contributed by atoms with E-state index in [4.69, 9.17) is 9.47 Å². The van der Waals surface area contributed by atoms with E-state index in [0.29, 0.717) is 10.8 Å². The quantitative estimate of drug-likeness (QED) is 0.111. The van der Waals surface area contributed by atoms with Gasteiger partial charge in [0.2, 0.25) is 11.7 Å². The molecule has 20 nitrogen and oxygen atoms in total. The van der Waals surface area contributed by atoms with Gasteiger partial charge >= 0.3 is 21.3 Å². The summed E-state index contributed by atoms with van der Waals surface area (Å²) in [6, 6.07) is -1.72. The topological polar surface area (TPSA) is 306 Å². The fraction of sp³-hybridized carbons (Fsp3) is 0.706. The predicted octanol–water partition coefficient (Wildman–Crippen LogP) is -4.51. The minimum absolute atomic E-state index is 0.378. The zero-order valence-electron chi connectivity index (χ0n) is 20.1. The zero-order valence-corrected chi connectivity index (χ0v) is 21.9. The minimum Gasteiger partial charge on any atom is -0.394 e. The number of nitrogens with one attached hydrogen (secondary N) is 2. The van der Waals surface area contributed by atoms with Crippen LogP contribution in [0, 0.1) is 5.82 Å². The summed E-state index contributed by atoms with van der Waals surface area (Å²) < 4.78 is 62.2. The number of aromatic nitrogens is 2. The molecule has 2 fully saturated rings. The molecule has 1 aromatic heterocycles. The minimum atomic E-state index is -5.67. The van der Waals surface area contributed by atoms with Gasteiger partial charge in [0.15, 0.2) is 12.5 Å². The second-order valence-electron chi connectivity index (χ2n) is 8.54. The van der Waals surface area contributed by atoms with Crippen molar-refractivity contribution in [3.8, 4) is 0 Å². The summed E-state index contributed by atoms with van der Waals surface area (Å²) in [6.07, 6.45) is -14.4. The zero-order chi connectivity index (χ0) is 30.2. The molecule has 2 saturated heterocycles. The summed E-state index contributed by atoms with van der Waals surface area (Å²) in [5.41, 5.74) is -2.61. The number of rotatable bonds is 10. The summed E-state index contributed by atoms with van der Waals surface area (Å²) in [4.78, 5) is 56.1. The Morgan fingerprint density at radius 1 is 1.07 bits per heavy atom. The molecule has 23 heteroatoms. The Balaban J connectivity index is 1.67. The highest BCUT2D eigenvalue weighted by molar-refractivity contribution is 7.61. The van der Waals surface area contributed by atoms with Gasteiger partial charge in [-0.1, -0.05) is 0 Å². The maximum absolute atomic E-state index is 13.6. The maximum Gasteiger partial charge on any atom is 0.483 e. The number of aliphatic hydroxyl groups excluding tert-OH is 5. The Morgan fingerprint density at radius 2 is 1.70 bits per heavy atom. The summed E-state index contributed by atoms with van der Waals surface area (Å²) in [7, 11) is -11.3. The normalized spacial score (nSPS) is 35.6. The van der Waals surface area contributed by atoms with Crippen molar-refractivity contribution in [1.29, 1.82) is 0 Å². The Bertz CT molecular complexity index is 1290. The van der Waals surface area contributed by atoms with Gasteiger partial charge in [0.25, 0.3) is 5.56 Å². The Labute approximate surface area is 221 Å². The molecule has 0 aliphatic carbocycles. The highest BCUT2D eigenvalue weighted by Crippen LogP contribution is 2.61. The lowest BCUT2D eigenvalue weighted by atomic mass is 9.97. The van der Waals surface area contributed by atoms with E-state index in [1.54, 1.807) is 4.98 Å². The van der Waals surface area contributed by atoms with E-state index in [0.717, 1.165) is 6.92 Å². The predicted molar refractivity (Wildman–Crippen MR) is 120 cm³/mol. The van der Waals surface area contributed by atoms with Crippen molar-refractivity contribution >= 4 is 21.6 Å². The molecule has 40 heavy (non-hydrogen) atoms. The van der Waals surface area contributed by atoms with E-state index in [-0.39, 0.29) is 0 Å². The Morgan fingerprint density at radius 3 is 2.30 bits per heavy atom. The van der Waals surface area contributed by atoms with Crippen molar-refractivity contribution in [3.63, 3.8) is 0 Å². The smallest absolute Gasteiger partial charge is 0.394 e. The SMILES string of the molecule is CC(=O)N[C@H]1[C@@H](OP(=O)(O)OP(=O)(O)OC[C@H]2O[C@@H](n3cc(F)c(=O)[nH]c3=O)[C@H](O)[C@@H]2O)O[C@H](CO)[C@@H](O)[C@@H]1O. The lowest BCUT2D eigenvalue weighted by Crippen LogP contribution is -2.64. The molecule has 0 saturated carbocycles. The molecule has 1 aromatic rings. The fourth-order valence-corrected chi connectivity index (χ4v) is 5.94. The summed E-state index contributed by atoms with van der Waals surface area (Å²) in [5.74, 6) is -2.25. The van der Waals surface area contributed by atoms with Crippen LogP contribution in [0.25, 0.3) is 0 Å². The third-order valence-electron chi connectivity index (χ3n) is 5.63. The van der Waals surface area contributed by atoms with E-state index in [1.165, 1.54) is 0 Å². The first-order valence-corrected chi connectivity index (χ1v) is 14.1. The van der Waals surface area contributed by atoms with Gasteiger partial charge < -0.3 is 50.1 Å². The van der Waals surface area contributed by atoms with Crippen molar-refractivity contribution in [2.45, 2.75) is 62.1 Å². The van der Waals surface area contributed by atoms with Crippen molar-refractivity contribution in [3.05, 3.63) is 32.9 Å². The molecule has 2 unspecified atom stereocenters. The number of H-pyrrole nitrogens is 1. The number of hydrogen-bond donors (Lipinski definition) is 9. The lowest BCUT2D eigenvalue weighted by molar-refractivity contribution is -0.247. The molecule has 0 spiro atoms. The van der Waals surface area contributed by atoms with Crippen LogP contribution < -0.4 is 16.6 Å². The first kappa shape index (κ1) is 32.6. The van der Waals surface area contributed by atoms with Crippen LogP contribution in [-0.2, 0) is 36.8 Å². The number of phosphoric ester groups is 2. The standard InChI is InChI=1S/C17H26FN3O17P2/c1-5(23)19-9-12(26)10(24)7(3-22)36-16(9)37-40(32,33)38-39(30,31)34-4-8-11(25)13(27)15(35-8)21-2-6(18)14(28)20-17(21)29/h2,7-13,15-16,22,24-27H,3-4H2,1H3,(H,19,23)(H,30,31)(H,32,33)(H,20,28,29)/t7-,8-,9-,10-,11-,12-,13-,15-,16-/m1/s1. The molecule has 228 valence electrons. The Kier molecular flexibility index (Phi) is 10.2. The van der Waals surface area contributed by atoms with Gasteiger partial charge in [-0.15, -0.1) is 0 Å². The van der Waals surface area contributed by atoms with Crippen molar-refractivity contribution in [2.75, 3.05) is 13.2 Å². The number of halogens is 1. The number of nitrogens with zero attached hydrogens (tertiary/aromatic N) is 1. The number of ether oxygens (including phenoxy) is 2. The lowest BCUT2D eigenvalue weighted by Gasteiger charge is -2.42. The van der Waals surface area contributed by atoms with Gasteiger partial charge in [-0.3, -0.25) is 28.2 Å². The van der Waals surface area contributed by atoms with Crippen molar-refractivity contribution in [2.24, 2.45) is 0 Å². The highest BCUT2D eigenvalue weighted by Gasteiger charge is 2.50. The van der Waals surface area contributed by atoms with E-state index in [2.05, 4.69) is 18.7 Å². The van der Waals surface area contributed by atoms with Crippen LogP contribution in [0.3, 0.4) is 0 Å². The van der Waals surface area contributed by atoms with E-state index in [1.807, 2.05) is 0 Å². The number of carbonyl (C=O) groups excluding carboxylic acids is 1. The van der Waals surface area contributed by atoms with Crippen LogP contribution in [0.4, 0.5) is 4.39 Å². The number of aliphatic hydroxyl groups is 5. The molecule has 1 amide bonds. The summed E-state index contributed by atoms with van der Waals surface area (Å²) in [6.45, 7) is -1.07. The monoisotopic (exact) mass is 625 g/mol. The molecule has 2 aliphatic rings. The molecule has 2 aliphatic heterocycles. The first-order chi connectivity index (χ1) is 18.5. The second-order valence-corrected chi connectivity index (χ2v) is 11.5. The number of hydrogen-bond acceptors (Lipinski definition) is 15. The van der Waals surface area contributed by atoms with Crippen LogP contribution in [0.2, 0.25) is 0 Å². The first-order valence-electron chi connectivity index (χ1n) is 11.1. The fourth-order valence-electron chi connectivity index (χ4n) is 3.78. The number of carbonyl (C=O) groups is 1. The van der Waals surface area contributed by atoms with Gasteiger partial charge in [0, 0.05) is 6.92 Å². The molecule has 3 heterocycles. The summed E-state index contributed by atoms with van der Waals surface area (Å²) >= 11 is 0. The average molecular weight is 625 g/mol. The van der Waals surface area contributed by atoms with Crippen LogP contribution in [0.15, 0.2) is 15.8 Å². The Hall–Kier alpha value is -1.94. The van der Waals surface area contributed by atoms with Crippen LogP contribution in [0.1, 0.15) is 13.2 Å². The molecular formula is C17H26FN3O17P2. The van der Waals surface area contributed by atoms with Gasteiger partial charge in [-0.05, 0) is 0 Å². The van der Waals surface area contributed by atoms with Crippen molar-refractivity contribution in [1.82, 2.24) is 14.9 Å². The molecule has 3 rings (SSSR count). The third-order valence-corrected chi connectivity index (χ3v) is 8.23. The molecule has 0 bridgehead atoms. The van der Waals surface area contributed by atoms with E-state index >= 15 is 0 Å². The summed E-state index contributed by atoms with van der Waals surface area (Å²) in [5, 5.41) is 51.8. The van der Waals surface area contributed by atoms with Crippen molar-refractivity contribution < 1.29 is 76.5 Å². The molecule has 9 N–H and O–H groups in total. The van der Waals surface area contributed by atoms with E-state index in [9.17, 15) is 63.2 Å². The van der Waals surface area contributed by atoms with Crippen LogP contribution in [-0.4, -0.2) is 113 Å². The third kappa shape index (κ3) is 7.46. The molecule has 0 aromatic carbocycles. The van der Waals surface area contributed by atoms with E-state index < -0.39 is 107 Å². The van der Waals surface area contributed by atoms with Crippen LogP contribution >= 0.6 is 15.6 Å². The average Bonchev–Trinajstić information content (AvgIpc) is 3.12. The number of phosphoric acid groups is 2. The highest BCUT2D eigenvalue weighted by atomic mass is 31.3. The number of amides is 1. The van der Waals surface area contributed by atoms with Gasteiger partial charge in [0.05, 0.1) is 19.4 Å². The molecule has 11 atom stereocenters. The maximum atomic E-state index is 13.6. The second kappa shape index (κ2) is 12.5. The number of aromatic amines is 1. The molecular weight excluding hydrogens is 599 g/mol. The largest absolute Gasteiger partial charge is 0.483 e. The van der Waals surface area contributed by atoms with Gasteiger partial charge in [-0.25, -0.2) is 13.9 Å². The van der Waals surface area contributed by atoms with Crippen LogP contribution in [0.5, 0.6) is 0 Å². The van der Waals surface area contributed by atoms with Gasteiger partial charge in [0.1, 0.15) is 42.7 Å². The van der Waals surface area contributed by atoms with Gasteiger partial charge in [-0.2, -0.15) is 8.70 Å².